The number of nitrogens with zero attached hydrogens (tertiary/aromatic N) is 1. The summed E-state index contributed by atoms with van der Waals surface area (Å²) in [5.74, 6) is -0.711. The number of rotatable bonds is 5. The maximum absolute atomic E-state index is 12.3. The van der Waals surface area contributed by atoms with E-state index in [1.165, 1.54) is 0 Å². The summed E-state index contributed by atoms with van der Waals surface area (Å²) in [7, 11) is 0. The molecule has 1 aliphatic heterocycles. The van der Waals surface area contributed by atoms with Crippen molar-refractivity contribution >= 4 is 22.5 Å². The second kappa shape index (κ2) is 6.28. The van der Waals surface area contributed by atoms with Gasteiger partial charge in [-0.2, -0.15) is 0 Å². The molecule has 0 radical (unpaired) electrons. The SMILES string of the molecule is O=C(CCN1CCC[C@@H]1C(=O)O)c1ccc2ccccc2c1. The number of Topliss-reactive ketones (excluding diaryl/α,β-unsaturated/α-hetero) is 1. The van der Waals surface area contributed by atoms with Gasteiger partial charge in [-0.05, 0) is 36.2 Å². The Hall–Kier alpha value is -2.20. The van der Waals surface area contributed by atoms with Gasteiger partial charge in [-0.1, -0.05) is 36.4 Å². The Kier molecular flexibility index (Phi) is 4.20. The summed E-state index contributed by atoms with van der Waals surface area (Å²) in [6.07, 6.45) is 1.93. The Balaban J connectivity index is 1.67. The number of carbonyl (C=O) groups is 2. The highest BCUT2D eigenvalue weighted by atomic mass is 16.4. The van der Waals surface area contributed by atoms with Crippen molar-refractivity contribution < 1.29 is 14.7 Å². The molecule has 0 amide bonds. The van der Waals surface area contributed by atoms with Gasteiger partial charge in [0.05, 0.1) is 0 Å². The highest BCUT2D eigenvalue weighted by Gasteiger charge is 2.30. The lowest BCUT2D eigenvalue weighted by Crippen LogP contribution is -2.37. The van der Waals surface area contributed by atoms with Gasteiger partial charge >= 0.3 is 5.97 Å². The Labute approximate surface area is 129 Å². The van der Waals surface area contributed by atoms with Crippen molar-refractivity contribution in [3.8, 4) is 0 Å². The molecule has 1 N–H and O–H groups in total. The van der Waals surface area contributed by atoms with Gasteiger partial charge in [0.2, 0.25) is 0 Å². The fourth-order valence-corrected chi connectivity index (χ4v) is 3.13. The first-order chi connectivity index (χ1) is 10.6. The monoisotopic (exact) mass is 297 g/mol. The maximum atomic E-state index is 12.3. The molecule has 1 aliphatic rings. The average molecular weight is 297 g/mol. The molecule has 22 heavy (non-hydrogen) atoms. The molecule has 0 unspecified atom stereocenters. The van der Waals surface area contributed by atoms with Gasteiger partial charge in [-0.25, -0.2) is 0 Å². The van der Waals surface area contributed by atoms with E-state index in [0.717, 1.165) is 23.7 Å². The Morgan fingerprint density at radius 3 is 2.68 bits per heavy atom. The number of likely N-dealkylation sites (tertiary alicyclic amines) is 1. The minimum absolute atomic E-state index is 0.0711. The highest BCUT2D eigenvalue weighted by Crippen LogP contribution is 2.20. The predicted octanol–water partition coefficient (Wildman–Crippen LogP) is 2.96. The molecule has 0 aromatic heterocycles. The number of carboxylic acid groups (broad SMARTS) is 1. The smallest absolute Gasteiger partial charge is 0.320 e. The zero-order chi connectivity index (χ0) is 15.5. The molecule has 1 heterocycles. The standard InChI is InChI=1S/C18H19NO3/c20-17(9-11-19-10-3-6-16(19)18(21)22)15-8-7-13-4-1-2-5-14(13)12-15/h1-2,4-5,7-8,12,16H,3,6,9-11H2,(H,21,22)/t16-/m1/s1. The summed E-state index contributed by atoms with van der Waals surface area (Å²) in [5, 5.41) is 11.3. The first kappa shape index (κ1) is 14.7. The minimum atomic E-state index is -0.782. The van der Waals surface area contributed by atoms with Crippen molar-refractivity contribution in [2.45, 2.75) is 25.3 Å². The summed E-state index contributed by atoms with van der Waals surface area (Å²) in [5.41, 5.74) is 0.699. The molecule has 0 bridgehead atoms. The predicted molar refractivity (Wildman–Crippen MR) is 85.1 cm³/mol. The second-order valence-electron chi connectivity index (χ2n) is 5.77. The highest BCUT2D eigenvalue weighted by molar-refractivity contribution is 6.00. The molecule has 1 saturated heterocycles. The van der Waals surface area contributed by atoms with Gasteiger partial charge in [0.1, 0.15) is 6.04 Å². The third kappa shape index (κ3) is 3.02. The molecule has 2 aromatic carbocycles. The average Bonchev–Trinajstić information content (AvgIpc) is 3.01. The van der Waals surface area contributed by atoms with E-state index < -0.39 is 12.0 Å². The number of benzene rings is 2. The van der Waals surface area contributed by atoms with Crippen LogP contribution in [0.1, 0.15) is 29.6 Å². The number of hydrogen-bond acceptors (Lipinski definition) is 3. The van der Waals surface area contributed by atoms with Crippen molar-refractivity contribution in [2.24, 2.45) is 0 Å². The number of hydrogen-bond donors (Lipinski definition) is 1. The molecule has 4 heteroatoms. The van der Waals surface area contributed by atoms with E-state index in [4.69, 9.17) is 5.11 Å². The van der Waals surface area contributed by atoms with Gasteiger partial charge in [0.15, 0.2) is 5.78 Å². The fraction of sp³-hybridized carbons (Fsp3) is 0.333. The molecule has 3 rings (SSSR count). The van der Waals surface area contributed by atoms with Crippen LogP contribution in [0, 0.1) is 0 Å². The van der Waals surface area contributed by atoms with Gasteiger partial charge in [-0.3, -0.25) is 14.5 Å². The quantitative estimate of drug-likeness (QED) is 0.862. The van der Waals surface area contributed by atoms with E-state index in [9.17, 15) is 9.59 Å². The zero-order valence-corrected chi connectivity index (χ0v) is 12.4. The summed E-state index contributed by atoms with van der Waals surface area (Å²) >= 11 is 0. The molecule has 114 valence electrons. The van der Waals surface area contributed by atoms with Crippen LogP contribution in [0.25, 0.3) is 10.8 Å². The zero-order valence-electron chi connectivity index (χ0n) is 12.4. The summed E-state index contributed by atoms with van der Waals surface area (Å²) in [6, 6.07) is 13.2. The van der Waals surface area contributed by atoms with Crippen molar-refractivity contribution in [3.63, 3.8) is 0 Å². The molecular weight excluding hydrogens is 278 g/mol. The largest absolute Gasteiger partial charge is 0.480 e. The van der Waals surface area contributed by atoms with Crippen LogP contribution in [0.4, 0.5) is 0 Å². The third-order valence-electron chi connectivity index (χ3n) is 4.35. The Bertz CT molecular complexity index is 710. The van der Waals surface area contributed by atoms with E-state index in [1.807, 2.05) is 47.4 Å². The van der Waals surface area contributed by atoms with E-state index in [0.29, 0.717) is 24.9 Å². The van der Waals surface area contributed by atoms with Gasteiger partial charge in [-0.15, -0.1) is 0 Å². The van der Waals surface area contributed by atoms with Crippen LogP contribution in [-0.2, 0) is 4.79 Å². The van der Waals surface area contributed by atoms with Gasteiger partial charge in [0, 0.05) is 18.5 Å². The van der Waals surface area contributed by atoms with Crippen molar-refractivity contribution in [3.05, 3.63) is 48.0 Å². The number of fused-ring (bicyclic) bond motifs is 1. The molecule has 2 aromatic rings. The number of aliphatic carboxylic acids is 1. The Morgan fingerprint density at radius 1 is 1.14 bits per heavy atom. The molecular formula is C18H19NO3. The van der Waals surface area contributed by atoms with Crippen LogP contribution in [0.3, 0.4) is 0 Å². The molecule has 0 aliphatic carbocycles. The van der Waals surface area contributed by atoms with Crippen molar-refractivity contribution in [1.29, 1.82) is 0 Å². The van der Waals surface area contributed by atoms with Crippen LogP contribution in [-0.4, -0.2) is 40.9 Å². The van der Waals surface area contributed by atoms with Gasteiger partial charge in [0.25, 0.3) is 0 Å². The number of carboxylic acids is 1. The summed E-state index contributed by atoms with van der Waals surface area (Å²) in [6.45, 7) is 1.28. The normalized spacial score (nSPS) is 18.6. The number of ketones is 1. The van der Waals surface area contributed by atoms with E-state index >= 15 is 0 Å². The van der Waals surface area contributed by atoms with Crippen LogP contribution >= 0.6 is 0 Å². The summed E-state index contributed by atoms with van der Waals surface area (Å²) in [4.78, 5) is 25.4. The first-order valence-corrected chi connectivity index (χ1v) is 7.64. The first-order valence-electron chi connectivity index (χ1n) is 7.64. The van der Waals surface area contributed by atoms with Crippen LogP contribution < -0.4 is 0 Å². The second-order valence-corrected chi connectivity index (χ2v) is 5.77. The molecule has 0 saturated carbocycles. The topological polar surface area (TPSA) is 57.6 Å². The maximum Gasteiger partial charge on any atom is 0.320 e. The van der Waals surface area contributed by atoms with Crippen LogP contribution in [0.5, 0.6) is 0 Å². The van der Waals surface area contributed by atoms with Crippen LogP contribution in [0.15, 0.2) is 42.5 Å². The molecule has 0 spiro atoms. The lowest BCUT2D eigenvalue weighted by Gasteiger charge is -2.20. The third-order valence-corrected chi connectivity index (χ3v) is 4.35. The van der Waals surface area contributed by atoms with Gasteiger partial charge < -0.3 is 5.11 Å². The number of carbonyl (C=O) groups excluding carboxylic acids is 1. The van der Waals surface area contributed by atoms with Crippen LogP contribution in [0.2, 0.25) is 0 Å². The molecule has 1 fully saturated rings. The van der Waals surface area contributed by atoms with Crippen molar-refractivity contribution in [1.82, 2.24) is 4.90 Å². The fourth-order valence-electron chi connectivity index (χ4n) is 3.13. The minimum Gasteiger partial charge on any atom is -0.480 e. The van der Waals surface area contributed by atoms with E-state index in [1.54, 1.807) is 0 Å². The van der Waals surface area contributed by atoms with E-state index in [2.05, 4.69) is 0 Å². The van der Waals surface area contributed by atoms with E-state index in [-0.39, 0.29) is 5.78 Å². The van der Waals surface area contributed by atoms with Crippen molar-refractivity contribution in [2.75, 3.05) is 13.1 Å². The Morgan fingerprint density at radius 2 is 1.91 bits per heavy atom. The molecule has 4 nitrogen and oxygen atoms in total. The lowest BCUT2D eigenvalue weighted by atomic mass is 10.0. The lowest BCUT2D eigenvalue weighted by molar-refractivity contribution is -0.142. The summed E-state index contributed by atoms with van der Waals surface area (Å²) < 4.78 is 0. The molecule has 1 atom stereocenters.